The Balaban J connectivity index is 1.61. The van der Waals surface area contributed by atoms with Crippen molar-refractivity contribution in [2.45, 2.75) is 30.3 Å². The first kappa shape index (κ1) is 26.7. The van der Waals surface area contributed by atoms with Crippen LogP contribution in [0, 0.1) is 5.82 Å². The molecule has 2 heterocycles. The maximum atomic E-state index is 14.3. The van der Waals surface area contributed by atoms with Gasteiger partial charge in [0, 0.05) is 36.1 Å². The number of sulfonamides is 1. The van der Waals surface area contributed by atoms with Crippen molar-refractivity contribution in [3.63, 3.8) is 0 Å². The Labute approximate surface area is 224 Å². The summed E-state index contributed by atoms with van der Waals surface area (Å²) < 4.78 is 48.4. The first-order valence-electron chi connectivity index (χ1n) is 12.5. The van der Waals surface area contributed by atoms with Crippen molar-refractivity contribution in [2.24, 2.45) is 0 Å². The van der Waals surface area contributed by atoms with Crippen LogP contribution in [0.2, 0.25) is 0 Å². The van der Waals surface area contributed by atoms with Gasteiger partial charge < -0.3 is 14.4 Å². The van der Waals surface area contributed by atoms with Crippen molar-refractivity contribution in [3.05, 3.63) is 106 Å². The second-order valence-electron chi connectivity index (χ2n) is 9.44. The summed E-state index contributed by atoms with van der Waals surface area (Å²) >= 11 is 0. The summed E-state index contributed by atoms with van der Waals surface area (Å²) in [5.41, 5.74) is 1.04. The summed E-state index contributed by atoms with van der Waals surface area (Å²) in [6, 6.07) is 18.8. The summed E-state index contributed by atoms with van der Waals surface area (Å²) in [5.74, 6) is -1.32. The number of aromatic nitrogens is 1. The number of methoxy groups -OCH3 is 1. The van der Waals surface area contributed by atoms with E-state index < -0.39 is 33.3 Å². The van der Waals surface area contributed by atoms with Crippen LogP contribution in [-0.4, -0.2) is 54.7 Å². The van der Waals surface area contributed by atoms with Crippen LogP contribution in [0.5, 0.6) is 0 Å². The number of hydrogen-bond donors (Lipinski definition) is 1. The average molecular weight is 551 g/mol. The molecule has 0 atom stereocenters. The highest BCUT2D eigenvalue weighted by molar-refractivity contribution is 7.89. The molecular formula is C29H27FN2O6S. The summed E-state index contributed by atoms with van der Waals surface area (Å²) in [7, 11) is -2.53. The number of aliphatic hydroxyl groups is 1. The van der Waals surface area contributed by atoms with Crippen LogP contribution in [0.1, 0.15) is 34.5 Å². The second kappa shape index (κ2) is 10.7. The van der Waals surface area contributed by atoms with Crippen LogP contribution in [0.3, 0.4) is 0 Å². The smallest absolute Gasteiger partial charge is 0.355 e. The quantitative estimate of drug-likeness (QED) is 0.368. The van der Waals surface area contributed by atoms with E-state index in [2.05, 4.69) is 0 Å². The maximum absolute atomic E-state index is 14.3. The molecule has 0 aliphatic carbocycles. The highest BCUT2D eigenvalue weighted by Crippen LogP contribution is 2.26. The van der Waals surface area contributed by atoms with E-state index in [4.69, 9.17) is 4.74 Å². The second-order valence-corrected chi connectivity index (χ2v) is 11.4. The van der Waals surface area contributed by atoms with Gasteiger partial charge in [0.15, 0.2) is 5.43 Å². The maximum Gasteiger partial charge on any atom is 0.355 e. The molecule has 4 aromatic rings. The van der Waals surface area contributed by atoms with Gasteiger partial charge in [-0.25, -0.2) is 17.6 Å². The number of halogens is 1. The van der Waals surface area contributed by atoms with E-state index in [1.54, 1.807) is 42.5 Å². The van der Waals surface area contributed by atoms with Gasteiger partial charge in [-0.15, -0.1) is 0 Å². The molecule has 0 bridgehead atoms. The molecule has 5 rings (SSSR count). The number of aliphatic hydroxyl groups excluding tert-OH is 1. The number of ether oxygens (including phenoxy) is 1. The van der Waals surface area contributed by atoms with Crippen molar-refractivity contribution < 1.29 is 27.4 Å². The third kappa shape index (κ3) is 5.10. The molecule has 0 saturated carbocycles. The molecule has 202 valence electrons. The van der Waals surface area contributed by atoms with Crippen molar-refractivity contribution in [1.29, 1.82) is 0 Å². The number of piperidine rings is 1. The summed E-state index contributed by atoms with van der Waals surface area (Å²) in [5, 5.41) is 9.94. The Morgan fingerprint density at radius 3 is 2.33 bits per heavy atom. The first-order chi connectivity index (χ1) is 18.7. The molecule has 1 saturated heterocycles. The third-order valence-electron chi connectivity index (χ3n) is 6.99. The molecule has 1 aliphatic heterocycles. The minimum atomic E-state index is -3.74. The molecule has 1 aliphatic rings. The zero-order valence-corrected chi connectivity index (χ0v) is 22.0. The summed E-state index contributed by atoms with van der Waals surface area (Å²) in [4.78, 5) is 26.9. The molecule has 10 heteroatoms. The Bertz CT molecular complexity index is 1690. The van der Waals surface area contributed by atoms with Gasteiger partial charge in [0.25, 0.3) is 0 Å². The Kier molecular flexibility index (Phi) is 7.35. The lowest BCUT2D eigenvalue weighted by Crippen LogP contribution is -2.39. The van der Waals surface area contributed by atoms with Crippen LogP contribution in [0.25, 0.3) is 16.6 Å². The molecular weight excluding hydrogens is 523 g/mol. The number of fused-ring (bicyclic) bond motifs is 1. The molecule has 1 aromatic heterocycles. The molecule has 3 aromatic carbocycles. The normalized spacial score (nSPS) is 14.9. The number of rotatable bonds is 6. The van der Waals surface area contributed by atoms with Gasteiger partial charge in [-0.3, -0.25) is 4.79 Å². The molecule has 1 fully saturated rings. The fourth-order valence-corrected chi connectivity index (χ4v) is 6.41. The SMILES string of the molecule is COC(=O)c1c(Cc2ccc(S(=O)(=O)N3CCC(O)CC3)cc2)c(=O)c2ccc(F)cc2n1-c1ccccc1. The third-order valence-corrected chi connectivity index (χ3v) is 8.90. The van der Waals surface area contributed by atoms with Crippen LogP contribution in [0.15, 0.2) is 82.5 Å². The topological polar surface area (TPSA) is 106 Å². The fourth-order valence-electron chi connectivity index (χ4n) is 4.94. The van der Waals surface area contributed by atoms with Gasteiger partial charge in [-0.05, 0) is 60.9 Å². The van der Waals surface area contributed by atoms with Gasteiger partial charge in [-0.1, -0.05) is 30.3 Å². The molecule has 0 radical (unpaired) electrons. The Morgan fingerprint density at radius 1 is 1.03 bits per heavy atom. The predicted molar refractivity (Wildman–Crippen MR) is 144 cm³/mol. The van der Waals surface area contributed by atoms with Crippen molar-refractivity contribution in [2.75, 3.05) is 20.2 Å². The molecule has 39 heavy (non-hydrogen) atoms. The molecule has 0 amide bonds. The van der Waals surface area contributed by atoms with Crippen LogP contribution in [-0.2, 0) is 21.2 Å². The van der Waals surface area contributed by atoms with Gasteiger partial charge in [0.05, 0.1) is 23.6 Å². The lowest BCUT2D eigenvalue weighted by molar-refractivity contribution is 0.0590. The van der Waals surface area contributed by atoms with Gasteiger partial charge >= 0.3 is 5.97 Å². The van der Waals surface area contributed by atoms with Crippen molar-refractivity contribution in [1.82, 2.24) is 8.87 Å². The average Bonchev–Trinajstić information content (AvgIpc) is 2.94. The van der Waals surface area contributed by atoms with E-state index in [0.717, 1.165) is 0 Å². The number of para-hydroxylation sites is 1. The van der Waals surface area contributed by atoms with Gasteiger partial charge in [-0.2, -0.15) is 4.31 Å². The standard InChI is InChI=1S/C29H27FN2O6S/c1-38-29(35)27-25(17-19-7-10-23(11-8-19)39(36,37)31-15-13-22(33)14-16-31)28(34)24-12-9-20(30)18-26(24)32(27)21-5-3-2-4-6-21/h2-12,18,22,33H,13-17H2,1H3. The van der Waals surface area contributed by atoms with Crippen LogP contribution >= 0.6 is 0 Å². The highest BCUT2D eigenvalue weighted by Gasteiger charge is 2.29. The van der Waals surface area contributed by atoms with E-state index in [1.807, 2.05) is 0 Å². The predicted octanol–water partition coefficient (Wildman–Crippen LogP) is 3.65. The monoisotopic (exact) mass is 550 g/mol. The summed E-state index contributed by atoms with van der Waals surface area (Å²) in [6.07, 6.45) is 0.279. The number of carbonyl (C=O) groups excluding carboxylic acids is 1. The molecule has 0 unspecified atom stereocenters. The number of hydrogen-bond acceptors (Lipinski definition) is 6. The largest absolute Gasteiger partial charge is 0.464 e. The zero-order valence-electron chi connectivity index (χ0n) is 21.2. The highest BCUT2D eigenvalue weighted by atomic mass is 32.2. The van der Waals surface area contributed by atoms with Crippen LogP contribution < -0.4 is 5.43 Å². The molecule has 1 N–H and O–H groups in total. The number of nitrogens with zero attached hydrogens (tertiary/aromatic N) is 2. The zero-order chi connectivity index (χ0) is 27.7. The van der Waals surface area contributed by atoms with Crippen molar-refractivity contribution in [3.8, 4) is 5.69 Å². The Hall–Kier alpha value is -3.86. The van der Waals surface area contributed by atoms with E-state index in [-0.39, 0.29) is 46.6 Å². The van der Waals surface area contributed by atoms with Gasteiger partial charge in [0.1, 0.15) is 11.5 Å². The molecule has 8 nitrogen and oxygen atoms in total. The number of pyridine rings is 1. The van der Waals surface area contributed by atoms with E-state index in [1.165, 1.54) is 46.3 Å². The van der Waals surface area contributed by atoms with Gasteiger partial charge in [0.2, 0.25) is 10.0 Å². The molecule has 0 spiro atoms. The van der Waals surface area contributed by atoms with E-state index >= 15 is 0 Å². The number of esters is 1. The van der Waals surface area contributed by atoms with E-state index in [0.29, 0.717) is 24.1 Å². The van der Waals surface area contributed by atoms with Crippen LogP contribution in [0.4, 0.5) is 4.39 Å². The number of benzene rings is 3. The first-order valence-corrected chi connectivity index (χ1v) is 13.9. The summed E-state index contributed by atoms with van der Waals surface area (Å²) in [6.45, 7) is 0.481. The Morgan fingerprint density at radius 2 is 1.69 bits per heavy atom. The minimum absolute atomic E-state index is 0.0135. The minimum Gasteiger partial charge on any atom is -0.464 e. The van der Waals surface area contributed by atoms with E-state index in [9.17, 15) is 27.5 Å². The fraction of sp³-hybridized carbons (Fsp3) is 0.241. The lowest BCUT2D eigenvalue weighted by atomic mass is 9.99. The number of carbonyl (C=O) groups is 1. The lowest BCUT2D eigenvalue weighted by Gasteiger charge is -2.28. The van der Waals surface area contributed by atoms with Crippen molar-refractivity contribution >= 4 is 26.9 Å².